The topological polar surface area (TPSA) is 81.5 Å². The third-order valence-electron chi connectivity index (χ3n) is 3.76. The molecule has 108 valence electrons. The van der Waals surface area contributed by atoms with E-state index in [2.05, 4.69) is 17.0 Å². The summed E-state index contributed by atoms with van der Waals surface area (Å²) in [5.74, 6) is -0.500. The van der Waals surface area contributed by atoms with Crippen molar-refractivity contribution in [3.63, 3.8) is 0 Å². The predicted octanol–water partition coefficient (Wildman–Crippen LogP) is 3.13. The highest BCUT2D eigenvalue weighted by Gasteiger charge is 2.31. The Morgan fingerprint density at radius 2 is 2.05 bits per heavy atom. The standard InChI is InChI=1S/C14H18N2O4/c1-14(7-3-4-8-14)15-11-9-10(13(17)20-2)5-6-12(11)16(18)19/h5-6,9,15H,3-4,7-8H2,1-2H3. The molecule has 6 nitrogen and oxygen atoms in total. The first-order chi connectivity index (χ1) is 9.45. The number of carbonyl (C=O) groups excluding carboxylic acids is 1. The van der Waals surface area contributed by atoms with Crippen LogP contribution in [0.15, 0.2) is 18.2 Å². The number of anilines is 1. The first kappa shape index (κ1) is 14.3. The zero-order chi connectivity index (χ0) is 14.8. The molecule has 1 N–H and O–H groups in total. The van der Waals surface area contributed by atoms with Gasteiger partial charge in [0, 0.05) is 11.6 Å². The van der Waals surface area contributed by atoms with Crippen molar-refractivity contribution in [1.82, 2.24) is 0 Å². The molecule has 1 saturated carbocycles. The molecule has 0 aromatic heterocycles. The summed E-state index contributed by atoms with van der Waals surface area (Å²) in [6, 6.07) is 4.24. The van der Waals surface area contributed by atoms with Gasteiger partial charge in [0.25, 0.3) is 5.69 Å². The Labute approximate surface area is 117 Å². The van der Waals surface area contributed by atoms with Crippen molar-refractivity contribution >= 4 is 17.3 Å². The number of hydrogen-bond donors (Lipinski definition) is 1. The van der Waals surface area contributed by atoms with Crippen LogP contribution in [0.25, 0.3) is 0 Å². The van der Waals surface area contributed by atoms with E-state index >= 15 is 0 Å². The van der Waals surface area contributed by atoms with Crippen LogP contribution in [-0.2, 0) is 4.74 Å². The van der Waals surface area contributed by atoms with Crippen LogP contribution in [0.4, 0.5) is 11.4 Å². The Kier molecular flexibility index (Phi) is 3.92. The van der Waals surface area contributed by atoms with Crippen LogP contribution < -0.4 is 5.32 Å². The van der Waals surface area contributed by atoms with Crippen LogP contribution in [-0.4, -0.2) is 23.5 Å². The van der Waals surface area contributed by atoms with E-state index < -0.39 is 10.9 Å². The van der Waals surface area contributed by atoms with Gasteiger partial charge in [-0.25, -0.2) is 4.79 Å². The minimum Gasteiger partial charge on any atom is -0.465 e. The molecule has 0 bridgehead atoms. The number of hydrogen-bond acceptors (Lipinski definition) is 5. The molecule has 2 rings (SSSR count). The molecule has 1 aliphatic rings. The van der Waals surface area contributed by atoms with Crippen molar-refractivity contribution in [3.8, 4) is 0 Å². The van der Waals surface area contributed by atoms with E-state index in [0.29, 0.717) is 11.3 Å². The summed E-state index contributed by atoms with van der Waals surface area (Å²) >= 11 is 0. The molecule has 6 heteroatoms. The summed E-state index contributed by atoms with van der Waals surface area (Å²) in [5.41, 5.74) is 0.509. The average Bonchev–Trinajstić information content (AvgIpc) is 2.83. The number of esters is 1. The molecule has 0 heterocycles. The Morgan fingerprint density at radius 3 is 2.60 bits per heavy atom. The van der Waals surface area contributed by atoms with E-state index in [1.54, 1.807) is 0 Å². The molecule has 0 amide bonds. The van der Waals surface area contributed by atoms with Gasteiger partial charge in [0.15, 0.2) is 0 Å². The van der Waals surface area contributed by atoms with E-state index in [1.807, 2.05) is 0 Å². The van der Waals surface area contributed by atoms with E-state index in [1.165, 1.54) is 25.3 Å². The summed E-state index contributed by atoms with van der Waals surface area (Å²) in [6.45, 7) is 2.05. The molecular formula is C14H18N2O4. The van der Waals surface area contributed by atoms with Crippen molar-refractivity contribution in [2.75, 3.05) is 12.4 Å². The van der Waals surface area contributed by atoms with Crippen LogP contribution in [0.3, 0.4) is 0 Å². The van der Waals surface area contributed by atoms with Crippen LogP contribution in [0.2, 0.25) is 0 Å². The van der Waals surface area contributed by atoms with Crippen molar-refractivity contribution in [2.24, 2.45) is 0 Å². The Hall–Kier alpha value is -2.11. The van der Waals surface area contributed by atoms with Crippen molar-refractivity contribution in [2.45, 2.75) is 38.1 Å². The maximum absolute atomic E-state index is 11.5. The van der Waals surface area contributed by atoms with Gasteiger partial charge in [0.2, 0.25) is 0 Å². The fourth-order valence-corrected chi connectivity index (χ4v) is 2.65. The Morgan fingerprint density at radius 1 is 1.40 bits per heavy atom. The molecule has 1 aromatic rings. The molecule has 1 aliphatic carbocycles. The minimum absolute atomic E-state index is 0.0224. The van der Waals surface area contributed by atoms with Gasteiger partial charge in [-0.3, -0.25) is 10.1 Å². The van der Waals surface area contributed by atoms with Crippen LogP contribution in [0, 0.1) is 10.1 Å². The first-order valence-electron chi connectivity index (χ1n) is 6.60. The lowest BCUT2D eigenvalue weighted by Crippen LogP contribution is -2.31. The van der Waals surface area contributed by atoms with Gasteiger partial charge in [0.1, 0.15) is 5.69 Å². The van der Waals surface area contributed by atoms with Gasteiger partial charge in [0.05, 0.1) is 17.6 Å². The maximum atomic E-state index is 11.5. The quantitative estimate of drug-likeness (QED) is 0.520. The van der Waals surface area contributed by atoms with Gasteiger partial charge in [-0.2, -0.15) is 0 Å². The van der Waals surface area contributed by atoms with Crippen molar-refractivity contribution in [1.29, 1.82) is 0 Å². The largest absolute Gasteiger partial charge is 0.465 e. The van der Waals surface area contributed by atoms with Gasteiger partial charge in [-0.1, -0.05) is 12.8 Å². The lowest BCUT2D eigenvalue weighted by molar-refractivity contribution is -0.384. The molecule has 0 aliphatic heterocycles. The summed E-state index contributed by atoms with van der Waals surface area (Å²) in [5, 5.41) is 14.3. The number of benzene rings is 1. The SMILES string of the molecule is COC(=O)c1ccc([N+](=O)[O-])c(NC2(C)CCCC2)c1. The average molecular weight is 278 g/mol. The second-order valence-corrected chi connectivity index (χ2v) is 5.37. The molecular weight excluding hydrogens is 260 g/mol. The van der Waals surface area contributed by atoms with Gasteiger partial charge < -0.3 is 10.1 Å². The molecule has 0 atom stereocenters. The second-order valence-electron chi connectivity index (χ2n) is 5.37. The van der Waals surface area contributed by atoms with E-state index in [4.69, 9.17) is 0 Å². The van der Waals surface area contributed by atoms with Crippen LogP contribution in [0.5, 0.6) is 0 Å². The number of rotatable bonds is 4. The molecule has 0 radical (unpaired) electrons. The smallest absolute Gasteiger partial charge is 0.337 e. The fourth-order valence-electron chi connectivity index (χ4n) is 2.65. The number of carbonyl (C=O) groups is 1. The van der Waals surface area contributed by atoms with Crippen LogP contribution in [0.1, 0.15) is 43.0 Å². The van der Waals surface area contributed by atoms with Gasteiger partial charge in [-0.15, -0.1) is 0 Å². The normalized spacial score (nSPS) is 16.7. The predicted molar refractivity (Wildman–Crippen MR) is 74.9 cm³/mol. The highest BCUT2D eigenvalue weighted by atomic mass is 16.6. The van der Waals surface area contributed by atoms with E-state index in [-0.39, 0.29) is 11.2 Å². The number of nitrogens with one attached hydrogen (secondary N) is 1. The molecule has 1 fully saturated rings. The monoisotopic (exact) mass is 278 g/mol. The molecule has 20 heavy (non-hydrogen) atoms. The molecule has 0 spiro atoms. The summed E-state index contributed by atoms with van der Waals surface area (Å²) < 4.78 is 4.65. The van der Waals surface area contributed by atoms with Gasteiger partial charge >= 0.3 is 5.97 Å². The molecule has 0 saturated heterocycles. The van der Waals surface area contributed by atoms with Gasteiger partial charge in [-0.05, 0) is 31.9 Å². The second kappa shape index (κ2) is 5.48. The number of ether oxygens (including phenoxy) is 1. The highest BCUT2D eigenvalue weighted by molar-refractivity contribution is 5.91. The van der Waals surface area contributed by atoms with Crippen LogP contribution >= 0.6 is 0 Å². The Balaban J connectivity index is 2.36. The number of nitro benzene ring substituents is 1. The number of nitrogens with zero attached hydrogens (tertiary/aromatic N) is 1. The summed E-state index contributed by atoms with van der Waals surface area (Å²) in [6.07, 6.45) is 4.14. The zero-order valence-corrected chi connectivity index (χ0v) is 11.6. The third kappa shape index (κ3) is 2.89. The molecule has 1 aromatic carbocycles. The van der Waals surface area contributed by atoms with E-state index in [9.17, 15) is 14.9 Å². The summed E-state index contributed by atoms with van der Waals surface area (Å²) in [7, 11) is 1.29. The van der Waals surface area contributed by atoms with E-state index in [0.717, 1.165) is 25.7 Å². The lowest BCUT2D eigenvalue weighted by Gasteiger charge is -2.26. The third-order valence-corrected chi connectivity index (χ3v) is 3.76. The fraction of sp³-hybridized carbons (Fsp3) is 0.500. The first-order valence-corrected chi connectivity index (χ1v) is 6.60. The zero-order valence-electron chi connectivity index (χ0n) is 11.6. The summed E-state index contributed by atoms with van der Waals surface area (Å²) in [4.78, 5) is 22.2. The minimum atomic E-state index is -0.500. The maximum Gasteiger partial charge on any atom is 0.337 e. The highest BCUT2D eigenvalue weighted by Crippen LogP contribution is 2.36. The molecule has 0 unspecified atom stereocenters. The number of methoxy groups -OCH3 is 1. The number of nitro groups is 1. The Bertz CT molecular complexity index is 536. The van der Waals surface area contributed by atoms with Crippen molar-refractivity contribution in [3.05, 3.63) is 33.9 Å². The lowest BCUT2D eigenvalue weighted by atomic mass is 9.99. The van der Waals surface area contributed by atoms with Crippen molar-refractivity contribution < 1.29 is 14.5 Å².